The first kappa shape index (κ1) is 53.4. The molecule has 0 aromatic rings. The molecule has 0 aromatic carbocycles. The van der Waals surface area contributed by atoms with Crippen LogP contribution in [-0.2, 0) is 38.1 Å². The van der Waals surface area contributed by atoms with Gasteiger partial charge in [0.1, 0.15) is 24.4 Å². The Labute approximate surface area is 383 Å². The van der Waals surface area contributed by atoms with Gasteiger partial charge in [0, 0.05) is 79.7 Å². The van der Waals surface area contributed by atoms with Crippen molar-refractivity contribution >= 4 is 23.9 Å². The van der Waals surface area contributed by atoms with E-state index in [2.05, 4.69) is 127 Å². The summed E-state index contributed by atoms with van der Waals surface area (Å²) in [5, 5.41) is 11.1. The van der Waals surface area contributed by atoms with Gasteiger partial charge in [0.05, 0.1) is 5.92 Å². The molecule has 0 aromatic heterocycles. The Morgan fingerprint density at radius 1 is 0.476 bits per heavy atom. The molecule has 1 saturated carbocycles. The molecule has 364 valence electrons. The standard InChI is InChI=1S/C52H93N3O8/c1-31(2)35-22-36(27-49(9,10)26-35)61-46(57)40(20-18-17-19-21-44(56)60-37-23-41(32(3)4)53-50(11,12)28-37)45(47(58)62-38-24-42(33(5)6)54-51(13,14)29-38)48(59)63-39-25-43(34(7)8)55-52(15,16)30-39/h31-43,45,53-55H,17-30H2,1-16H3. The summed E-state index contributed by atoms with van der Waals surface area (Å²) < 4.78 is 25.3. The summed E-state index contributed by atoms with van der Waals surface area (Å²) >= 11 is 0. The lowest BCUT2D eigenvalue weighted by molar-refractivity contribution is -0.182. The highest BCUT2D eigenvalue weighted by atomic mass is 16.6. The average molecular weight is 888 g/mol. The van der Waals surface area contributed by atoms with E-state index in [0.717, 1.165) is 25.7 Å². The van der Waals surface area contributed by atoms with Crippen LogP contribution < -0.4 is 16.0 Å². The average Bonchev–Trinajstić information content (AvgIpc) is 3.11. The third kappa shape index (κ3) is 16.5. The largest absolute Gasteiger partial charge is 0.462 e. The quantitative estimate of drug-likeness (QED) is 0.0524. The maximum absolute atomic E-state index is 14.8. The molecule has 4 fully saturated rings. The number of carbonyl (C=O) groups excluding carboxylic acids is 4. The minimum absolute atomic E-state index is 0.0252. The van der Waals surface area contributed by atoms with Gasteiger partial charge in [-0.2, -0.15) is 0 Å². The summed E-state index contributed by atoms with van der Waals surface area (Å²) in [7, 11) is 0. The number of carbonyl (C=O) groups is 4. The van der Waals surface area contributed by atoms with E-state index in [1.165, 1.54) is 0 Å². The fourth-order valence-electron chi connectivity index (χ4n) is 11.4. The van der Waals surface area contributed by atoms with Gasteiger partial charge in [-0.25, -0.2) is 0 Å². The molecule has 9 atom stereocenters. The lowest BCUT2D eigenvalue weighted by Crippen LogP contribution is -2.57. The summed E-state index contributed by atoms with van der Waals surface area (Å²) in [6.45, 7) is 34.7. The first-order valence-electron chi connectivity index (χ1n) is 25.2. The molecule has 0 spiro atoms. The summed E-state index contributed by atoms with van der Waals surface area (Å²) in [5.74, 6) is -2.90. The van der Waals surface area contributed by atoms with Crippen molar-refractivity contribution in [2.24, 2.45) is 46.8 Å². The van der Waals surface area contributed by atoms with Crippen LogP contribution >= 0.6 is 0 Å². The molecular formula is C52H93N3O8. The Bertz CT molecular complexity index is 1470. The topological polar surface area (TPSA) is 141 Å². The van der Waals surface area contributed by atoms with E-state index in [-0.39, 0.29) is 71.2 Å². The third-order valence-corrected chi connectivity index (χ3v) is 14.8. The molecule has 3 aliphatic heterocycles. The minimum atomic E-state index is -1.48. The SMILES string of the molecule is CC(C)C1CC(OC(=O)C(CCCCCC(=O)OC2CC(C(C)C)NC(C)(C)C2)C(C(=O)OC2CC(C(C)C)NC(C)(C)C2)C(=O)OC2CC(C(C)C)NC(C)(C)C2)CC(C)(C)C1. The predicted molar refractivity (Wildman–Crippen MR) is 251 cm³/mol. The molecular weight excluding hydrogens is 795 g/mol. The number of esters is 4. The number of hydrogen-bond acceptors (Lipinski definition) is 11. The van der Waals surface area contributed by atoms with Crippen LogP contribution in [0.1, 0.15) is 201 Å². The zero-order chi connectivity index (χ0) is 47.2. The van der Waals surface area contributed by atoms with E-state index in [9.17, 15) is 19.2 Å². The number of ether oxygens (including phenoxy) is 4. The second-order valence-corrected chi connectivity index (χ2v) is 24.7. The molecule has 9 unspecified atom stereocenters. The number of rotatable bonds is 18. The highest BCUT2D eigenvalue weighted by Gasteiger charge is 2.48. The van der Waals surface area contributed by atoms with Gasteiger partial charge in [-0.05, 0) is 109 Å². The van der Waals surface area contributed by atoms with Crippen LogP contribution in [0.2, 0.25) is 0 Å². The van der Waals surface area contributed by atoms with Crippen molar-refractivity contribution in [3.05, 3.63) is 0 Å². The van der Waals surface area contributed by atoms with Crippen LogP contribution in [0.5, 0.6) is 0 Å². The van der Waals surface area contributed by atoms with Gasteiger partial charge >= 0.3 is 23.9 Å². The Morgan fingerprint density at radius 3 is 1.29 bits per heavy atom. The first-order valence-corrected chi connectivity index (χ1v) is 25.2. The summed E-state index contributed by atoms with van der Waals surface area (Å²) in [6.07, 6.45) is 7.27. The zero-order valence-electron chi connectivity index (χ0n) is 42.7. The Morgan fingerprint density at radius 2 is 0.873 bits per heavy atom. The predicted octanol–water partition coefficient (Wildman–Crippen LogP) is 9.86. The van der Waals surface area contributed by atoms with Crippen molar-refractivity contribution in [3.63, 3.8) is 0 Å². The van der Waals surface area contributed by atoms with Crippen molar-refractivity contribution in [1.29, 1.82) is 0 Å². The van der Waals surface area contributed by atoms with Crippen LogP contribution in [0.4, 0.5) is 0 Å². The van der Waals surface area contributed by atoms with Gasteiger partial charge in [0.2, 0.25) is 0 Å². The van der Waals surface area contributed by atoms with Crippen LogP contribution in [-0.4, -0.2) is 83.0 Å². The normalized spacial score (nSPS) is 31.3. The Hall–Kier alpha value is -2.24. The lowest BCUT2D eigenvalue weighted by Gasteiger charge is -2.44. The summed E-state index contributed by atoms with van der Waals surface area (Å²) in [4.78, 5) is 57.6. The van der Waals surface area contributed by atoms with Crippen LogP contribution in [0, 0.1) is 46.8 Å². The maximum Gasteiger partial charge on any atom is 0.321 e. The molecule has 4 aliphatic rings. The van der Waals surface area contributed by atoms with Gasteiger partial charge in [0.25, 0.3) is 0 Å². The molecule has 11 heteroatoms. The van der Waals surface area contributed by atoms with Gasteiger partial charge in [-0.15, -0.1) is 0 Å². The maximum atomic E-state index is 14.8. The second kappa shape index (κ2) is 22.0. The molecule has 11 nitrogen and oxygen atoms in total. The number of unbranched alkanes of at least 4 members (excludes halogenated alkanes) is 2. The van der Waals surface area contributed by atoms with Crippen LogP contribution in [0.15, 0.2) is 0 Å². The number of nitrogens with one attached hydrogen (secondary N) is 3. The minimum Gasteiger partial charge on any atom is -0.462 e. The van der Waals surface area contributed by atoms with Gasteiger partial charge in [-0.3, -0.25) is 19.2 Å². The smallest absolute Gasteiger partial charge is 0.321 e. The van der Waals surface area contributed by atoms with Crippen LogP contribution in [0.3, 0.4) is 0 Å². The van der Waals surface area contributed by atoms with E-state index in [4.69, 9.17) is 18.9 Å². The van der Waals surface area contributed by atoms with Gasteiger partial charge in [0.15, 0.2) is 5.92 Å². The van der Waals surface area contributed by atoms with E-state index in [1.807, 2.05) is 0 Å². The van der Waals surface area contributed by atoms with E-state index < -0.39 is 42.0 Å². The number of hydrogen-bond donors (Lipinski definition) is 3. The van der Waals surface area contributed by atoms with Gasteiger partial charge < -0.3 is 34.9 Å². The number of piperidine rings is 3. The molecule has 3 N–H and O–H groups in total. The monoisotopic (exact) mass is 888 g/mol. The van der Waals surface area contributed by atoms with E-state index in [0.29, 0.717) is 81.0 Å². The van der Waals surface area contributed by atoms with Crippen LogP contribution in [0.25, 0.3) is 0 Å². The van der Waals surface area contributed by atoms with Crippen molar-refractivity contribution < 1.29 is 38.1 Å². The van der Waals surface area contributed by atoms with Crippen molar-refractivity contribution in [2.45, 2.75) is 260 Å². The second-order valence-electron chi connectivity index (χ2n) is 24.7. The first-order chi connectivity index (χ1) is 29.0. The molecule has 4 rings (SSSR count). The third-order valence-electron chi connectivity index (χ3n) is 14.8. The molecule has 3 saturated heterocycles. The fraction of sp³-hybridized carbons (Fsp3) is 0.923. The fourth-order valence-corrected chi connectivity index (χ4v) is 11.4. The summed E-state index contributed by atoms with van der Waals surface area (Å²) in [6, 6.07) is 0.521. The highest BCUT2D eigenvalue weighted by molar-refractivity contribution is 5.99. The Balaban J connectivity index is 1.59. The molecule has 0 bridgehead atoms. The van der Waals surface area contributed by atoms with Crippen molar-refractivity contribution in [3.8, 4) is 0 Å². The lowest BCUT2D eigenvalue weighted by atomic mass is 9.68. The molecule has 1 aliphatic carbocycles. The Kier molecular flexibility index (Phi) is 18.7. The van der Waals surface area contributed by atoms with E-state index in [1.54, 1.807) is 0 Å². The molecule has 63 heavy (non-hydrogen) atoms. The summed E-state index contributed by atoms with van der Waals surface area (Å²) in [5.41, 5.74) is -0.727. The van der Waals surface area contributed by atoms with Gasteiger partial charge in [-0.1, -0.05) is 82.1 Å². The highest BCUT2D eigenvalue weighted by Crippen LogP contribution is 2.43. The molecule has 0 amide bonds. The van der Waals surface area contributed by atoms with E-state index >= 15 is 0 Å². The molecule has 3 heterocycles. The van der Waals surface area contributed by atoms with Crippen molar-refractivity contribution in [2.75, 3.05) is 0 Å². The zero-order valence-corrected chi connectivity index (χ0v) is 42.7. The van der Waals surface area contributed by atoms with Crippen molar-refractivity contribution in [1.82, 2.24) is 16.0 Å². The molecule has 0 radical (unpaired) electrons.